The van der Waals surface area contributed by atoms with Crippen LogP contribution >= 0.6 is 9.24 Å². The van der Waals surface area contributed by atoms with Crippen molar-refractivity contribution in [3.8, 4) is 0 Å². The van der Waals surface area contributed by atoms with Crippen molar-refractivity contribution in [2.45, 2.75) is 13.3 Å². The lowest BCUT2D eigenvalue weighted by Gasteiger charge is -2.04. The molecule has 1 aromatic rings. The molecule has 0 aliphatic carbocycles. The quantitative estimate of drug-likeness (QED) is 0.617. The first-order chi connectivity index (χ1) is 5.65. The number of allylic oxidation sites excluding steroid dienone is 1. The maximum absolute atomic E-state index is 13.1. The summed E-state index contributed by atoms with van der Waals surface area (Å²) in [5, 5.41) is 0.987. The van der Waals surface area contributed by atoms with E-state index in [2.05, 4.69) is 15.8 Å². The van der Waals surface area contributed by atoms with Crippen molar-refractivity contribution in [1.29, 1.82) is 0 Å². The highest BCUT2D eigenvalue weighted by Crippen LogP contribution is 2.18. The summed E-state index contributed by atoms with van der Waals surface area (Å²) in [6, 6.07) is 5.00. The predicted molar refractivity (Wildman–Crippen MR) is 55.1 cm³/mol. The molecule has 0 radical (unpaired) electrons. The highest BCUT2D eigenvalue weighted by molar-refractivity contribution is 7.27. The minimum Gasteiger partial charge on any atom is -0.206 e. The summed E-state index contributed by atoms with van der Waals surface area (Å²) in [5.41, 5.74) is 1.47. The van der Waals surface area contributed by atoms with Gasteiger partial charge in [0, 0.05) is 5.56 Å². The fourth-order valence-corrected chi connectivity index (χ4v) is 1.27. The van der Waals surface area contributed by atoms with Crippen LogP contribution in [0.25, 0.3) is 5.57 Å². The van der Waals surface area contributed by atoms with Crippen LogP contribution in [0.5, 0.6) is 0 Å². The first kappa shape index (κ1) is 9.41. The molecule has 0 N–H and O–H groups in total. The predicted octanol–water partition coefficient (Wildman–Crippen LogP) is 2.75. The van der Waals surface area contributed by atoms with Crippen LogP contribution in [0.4, 0.5) is 4.39 Å². The molecule has 64 valence electrons. The van der Waals surface area contributed by atoms with Gasteiger partial charge in [-0.3, -0.25) is 0 Å². The van der Waals surface area contributed by atoms with Gasteiger partial charge in [0.1, 0.15) is 5.82 Å². The molecule has 0 saturated carbocycles. The van der Waals surface area contributed by atoms with Crippen molar-refractivity contribution in [2.24, 2.45) is 0 Å². The molecule has 0 heterocycles. The van der Waals surface area contributed by atoms with Gasteiger partial charge in [-0.15, -0.1) is 9.24 Å². The summed E-state index contributed by atoms with van der Waals surface area (Å²) in [4.78, 5) is 0. The third-order valence-electron chi connectivity index (χ3n) is 1.80. The Bertz CT molecular complexity index is 305. The SMILES string of the molecule is C=C(CC)c1cc(P)ccc1F. The molecule has 0 bridgehead atoms. The lowest BCUT2D eigenvalue weighted by Crippen LogP contribution is -1.96. The zero-order valence-electron chi connectivity index (χ0n) is 7.10. The third kappa shape index (κ3) is 1.92. The van der Waals surface area contributed by atoms with E-state index in [1.165, 1.54) is 6.07 Å². The van der Waals surface area contributed by atoms with Crippen LogP contribution in [-0.4, -0.2) is 0 Å². The highest BCUT2D eigenvalue weighted by atomic mass is 31.0. The molecule has 2 heteroatoms. The van der Waals surface area contributed by atoms with Gasteiger partial charge in [0.15, 0.2) is 0 Å². The van der Waals surface area contributed by atoms with Gasteiger partial charge >= 0.3 is 0 Å². The number of benzene rings is 1. The van der Waals surface area contributed by atoms with Gasteiger partial charge in [-0.2, -0.15) is 0 Å². The van der Waals surface area contributed by atoms with Crippen molar-refractivity contribution < 1.29 is 4.39 Å². The topological polar surface area (TPSA) is 0 Å². The molecule has 0 amide bonds. The van der Waals surface area contributed by atoms with E-state index in [1.54, 1.807) is 12.1 Å². The summed E-state index contributed by atoms with van der Waals surface area (Å²) in [5.74, 6) is -0.187. The minimum absolute atomic E-state index is 0.187. The van der Waals surface area contributed by atoms with Crippen molar-refractivity contribution in [1.82, 2.24) is 0 Å². The molecule has 0 aliphatic rings. The van der Waals surface area contributed by atoms with Crippen LogP contribution in [0.15, 0.2) is 24.8 Å². The Kier molecular flexibility index (Phi) is 2.99. The van der Waals surface area contributed by atoms with E-state index < -0.39 is 0 Å². The van der Waals surface area contributed by atoms with Crippen LogP contribution in [0.2, 0.25) is 0 Å². The number of halogens is 1. The number of rotatable bonds is 2. The summed E-state index contributed by atoms with van der Waals surface area (Å²) < 4.78 is 13.1. The van der Waals surface area contributed by atoms with Crippen LogP contribution < -0.4 is 5.30 Å². The Morgan fingerprint density at radius 1 is 1.58 bits per heavy atom. The van der Waals surface area contributed by atoms with Crippen LogP contribution in [-0.2, 0) is 0 Å². The van der Waals surface area contributed by atoms with E-state index in [4.69, 9.17) is 0 Å². The molecule has 1 aromatic carbocycles. The molecule has 1 unspecified atom stereocenters. The fourth-order valence-electron chi connectivity index (χ4n) is 1.00. The molecule has 0 fully saturated rings. The molecular weight excluding hydrogens is 170 g/mol. The van der Waals surface area contributed by atoms with E-state index in [9.17, 15) is 4.39 Å². The van der Waals surface area contributed by atoms with E-state index in [0.717, 1.165) is 17.3 Å². The highest BCUT2D eigenvalue weighted by Gasteiger charge is 2.03. The molecule has 0 nitrogen and oxygen atoms in total. The van der Waals surface area contributed by atoms with E-state index in [0.29, 0.717) is 5.56 Å². The molecule has 1 rings (SSSR count). The van der Waals surface area contributed by atoms with Gasteiger partial charge in [0.05, 0.1) is 0 Å². The van der Waals surface area contributed by atoms with Crippen molar-refractivity contribution >= 4 is 20.1 Å². The van der Waals surface area contributed by atoms with Gasteiger partial charge in [0.25, 0.3) is 0 Å². The Labute approximate surface area is 74.7 Å². The molecule has 0 aliphatic heterocycles. The zero-order chi connectivity index (χ0) is 9.14. The molecule has 0 saturated heterocycles. The molecular formula is C10H12FP. The van der Waals surface area contributed by atoms with Gasteiger partial charge in [-0.1, -0.05) is 19.6 Å². The Hall–Kier alpha value is -0.680. The normalized spacial score (nSPS) is 9.92. The average molecular weight is 182 g/mol. The largest absolute Gasteiger partial charge is 0.206 e. The number of hydrogen-bond acceptors (Lipinski definition) is 0. The van der Waals surface area contributed by atoms with Crippen LogP contribution in [0.1, 0.15) is 18.9 Å². The van der Waals surface area contributed by atoms with Gasteiger partial charge < -0.3 is 0 Å². The molecule has 12 heavy (non-hydrogen) atoms. The van der Waals surface area contributed by atoms with Crippen LogP contribution in [0, 0.1) is 5.82 Å². The first-order valence-corrected chi connectivity index (χ1v) is 4.46. The number of hydrogen-bond donors (Lipinski definition) is 0. The minimum atomic E-state index is -0.187. The van der Waals surface area contributed by atoms with E-state index >= 15 is 0 Å². The lowest BCUT2D eigenvalue weighted by molar-refractivity contribution is 0.624. The zero-order valence-corrected chi connectivity index (χ0v) is 8.26. The standard InChI is InChI=1S/C10H12FP/c1-3-7(2)9-6-8(12)4-5-10(9)11/h4-6H,2-3,12H2,1H3. The van der Waals surface area contributed by atoms with Crippen molar-refractivity contribution in [3.63, 3.8) is 0 Å². The smallest absolute Gasteiger partial charge is 0.130 e. The lowest BCUT2D eigenvalue weighted by atomic mass is 10.1. The maximum Gasteiger partial charge on any atom is 0.130 e. The van der Waals surface area contributed by atoms with E-state index in [1.807, 2.05) is 6.92 Å². The summed E-state index contributed by atoms with van der Waals surface area (Å²) >= 11 is 0. The van der Waals surface area contributed by atoms with Crippen molar-refractivity contribution in [3.05, 3.63) is 36.2 Å². The second kappa shape index (κ2) is 3.82. The summed E-state index contributed by atoms with van der Waals surface area (Å²) in [6.07, 6.45) is 0.783. The van der Waals surface area contributed by atoms with Gasteiger partial charge in [0.2, 0.25) is 0 Å². The van der Waals surface area contributed by atoms with Crippen molar-refractivity contribution in [2.75, 3.05) is 0 Å². The maximum atomic E-state index is 13.1. The second-order valence-electron chi connectivity index (χ2n) is 2.70. The Morgan fingerprint density at radius 3 is 2.83 bits per heavy atom. The van der Waals surface area contributed by atoms with Gasteiger partial charge in [-0.25, -0.2) is 4.39 Å². The Balaban J connectivity index is 3.13. The third-order valence-corrected chi connectivity index (χ3v) is 2.16. The summed E-state index contributed by atoms with van der Waals surface area (Å²) in [7, 11) is 2.54. The molecule has 1 atom stereocenters. The monoisotopic (exact) mass is 182 g/mol. The molecule has 0 aromatic heterocycles. The van der Waals surface area contributed by atoms with Crippen LogP contribution in [0.3, 0.4) is 0 Å². The fraction of sp³-hybridized carbons (Fsp3) is 0.200. The first-order valence-electron chi connectivity index (χ1n) is 3.88. The second-order valence-corrected chi connectivity index (χ2v) is 3.36. The Morgan fingerprint density at radius 2 is 2.25 bits per heavy atom. The average Bonchev–Trinajstić information content (AvgIpc) is 2.08. The summed E-state index contributed by atoms with van der Waals surface area (Å²) in [6.45, 7) is 5.77. The molecule has 0 spiro atoms. The van der Waals surface area contributed by atoms with Gasteiger partial charge in [-0.05, 0) is 29.4 Å². The van der Waals surface area contributed by atoms with E-state index in [-0.39, 0.29) is 5.82 Å².